The monoisotopic (exact) mass is 818 g/mol. The number of carbonyl (C=O) groups excluding carboxylic acids is 2. The fourth-order valence-electron chi connectivity index (χ4n) is 7.94. The van der Waals surface area contributed by atoms with Gasteiger partial charge in [0.15, 0.2) is 0 Å². The van der Waals surface area contributed by atoms with Crippen molar-refractivity contribution in [2.75, 3.05) is 6.61 Å². The number of carbonyl (C=O) groups is 2. The van der Waals surface area contributed by atoms with E-state index < -0.39 is 18.2 Å². The van der Waals surface area contributed by atoms with Gasteiger partial charge in [0.2, 0.25) is 5.91 Å². The number of esters is 1. The number of aliphatic hydroxyl groups is 2. The van der Waals surface area contributed by atoms with Crippen LogP contribution in [0.15, 0.2) is 24.3 Å². The number of allylic oxidation sites excluding steroid dienone is 4. The SMILES string of the molecule is CC/C=C/C/C=C/CCCCCCCC(CC(=O)NC(CO)C(O)CCCCCCCCCCCCCCC)OC(=O)CCCCCCCCCCCCCCCC. The maximum absolute atomic E-state index is 13.2. The topological polar surface area (TPSA) is 95.9 Å². The molecule has 0 spiro atoms. The third-order valence-corrected chi connectivity index (χ3v) is 11.8. The van der Waals surface area contributed by atoms with Crippen LogP contribution in [-0.2, 0) is 14.3 Å². The van der Waals surface area contributed by atoms with E-state index in [1.54, 1.807) is 0 Å². The summed E-state index contributed by atoms with van der Waals surface area (Å²) >= 11 is 0. The molecule has 58 heavy (non-hydrogen) atoms. The molecule has 342 valence electrons. The molecular formula is C52H99NO5. The van der Waals surface area contributed by atoms with Crippen molar-refractivity contribution in [3.63, 3.8) is 0 Å². The summed E-state index contributed by atoms with van der Waals surface area (Å²) in [5.74, 6) is -0.475. The second-order valence-electron chi connectivity index (χ2n) is 17.5. The third-order valence-electron chi connectivity index (χ3n) is 11.8. The van der Waals surface area contributed by atoms with E-state index >= 15 is 0 Å². The van der Waals surface area contributed by atoms with E-state index in [2.05, 4.69) is 50.4 Å². The van der Waals surface area contributed by atoms with Crippen molar-refractivity contribution < 1.29 is 24.5 Å². The van der Waals surface area contributed by atoms with E-state index in [0.29, 0.717) is 19.3 Å². The van der Waals surface area contributed by atoms with Gasteiger partial charge in [0.1, 0.15) is 6.10 Å². The Balaban J connectivity index is 4.53. The Bertz CT molecular complexity index is 919. The first-order chi connectivity index (χ1) is 28.5. The first-order valence-electron chi connectivity index (χ1n) is 25.6. The second kappa shape index (κ2) is 46.4. The fourth-order valence-corrected chi connectivity index (χ4v) is 7.94. The van der Waals surface area contributed by atoms with E-state index in [1.807, 2.05) is 0 Å². The molecule has 0 aromatic heterocycles. The van der Waals surface area contributed by atoms with Crippen molar-refractivity contribution in [3.8, 4) is 0 Å². The molecule has 3 atom stereocenters. The Hall–Kier alpha value is -1.66. The van der Waals surface area contributed by atoms with Crippen LogP contribution in [0.1, 0.15) is 271 Å². The van der Waals surface area contributed by atoms with Gasteiger partial charge >= 0.3 is 5.97 Å². The molecule has 0 fully saturated rings. The highest BCUT2D eigenvalue weighted by Crippen LogP contribution is 2.18. The highest BCUT2D eigenvalue weighted by Gasteiger charge is 2.24. The summed E-state index contributed by atoms with van der Waals surface area (Å²) in [6.07, 6.45) is 52.4. The Morgan fingerprint density at radius 1 is 0.517 bits per heavy atom. The summed E-state index contributed by atoms with van der Waals surface area (Å²) in [7, 11) is 0. The van der Waals surface area contributed by atoms with Gasteiger partial charge in [0.25, 0.3) is 0 Å². The summed E-state index contributed by atoms with van der Waals surface area (Å²) in [5, 5.41) is 23.7. The minimum atomic E-state index is -0.786. The number of amides is 1. The zero-order valence-corrected chi connectivity index (χ0v) is 38.9. The Morgan fingerprint density at radius 3 is 1.40 bits per heavy atom. The number of unbranched alkanes of at least 4 members (excludes halogenated alkanes) is 30. The van der Waals surface area contributed by atoms with Crippen LogP contribution in [0.5, 0.6) is 0 Å². The van der Waals surface area contributed by atoms with Crippen molar-refractivity contribution in [3.05, 3.63) is 24.3 Å². The minimum absolute atomic E-state index is 0.0731. The average Bonchev–Trinajstić information content (AvgIpc) is 3.22. The van der Waals surface area contributed by atoms with Gasteiger partial charge in [-0.1, -0.05) is 231 Å². The molecule has 0 bridgehead atoms. The number of hydrogen-bond donors (Lipinski definition) is 3. The maximum atomic E-state index is 13.2. The van der Waals surface area contributed by atoms with Gasteiger partial charge in [-0.3, -0.25) is 9.59 Å². The lowest BCUT2D eigenvalue weighted by atomic mass is 10.0. The van der Waals surface area contributed by atoms with Crippen LogP contribution < -0.4 is 5.32 Å². The van der Waals surface area contributed by atoms with Gasteiger partial charge in [-0.2, -0.15) is 0 Å². The highest BCUT2D eigenvalue weighted by atomic mass is 16.5. The van der Waals surface area contributed by atoms with E-state index in [4.69, 9.17) is 4.74 Å². The van der Waals surface area contributed by atoms with Crippen LogP contribution in [0.4, 0.5) is 0 Å². The predicted molar refractivity (Wildman–Crippen MR) is 250 cm³/mol. The molecule has 0 aliphatic heterocycles. The molecule has 0 aliphatic carbocycles. The summed E-state index contributed by atoms with van der Waals surface area (Å²) in [6, 6.07) is -0.701. The van der Waals surface area contributed by atoms with Crippen LogP contribution in [0, 0.1) is 0 Å². The van der Waals surface area contributed by atoms with Gasteiger partial charge in [-0.05, 0) is 51.4 Å². The molecule has 0 heterocycles. The third kappa shape index (κ3) is 41.1. The molecule has 3 N–H and O–H groups in total. The zero-order valence-electron chi connectivity index (χ0n) is 38.9. The van der Waals surface area contributed by atoms with E-state index in [1.165, 1.54) is 154 Å². The van der Waals surface area contributed by atoms with Crippen LogP contribution in [0.25, 0.3) is 0 Å². The van der Waals surface area contributed by atoms with Crippen LogP contribution in [0.3, 0.4) is 0 Å². The molecule has 6 heteroatoms. The van der Waals surface area contributed by atoms with Crippen molar-refractivity contribution in [2.24, 2.45) is 0 Å². The molecule has 0 saturated carbocycles. The summed E-state index contributed by atoms with van der Waals surface area (Å²) in [6.45, 7) is 6.39. The quantitative estimate of drug-likeness (QED) is 0.0323. The lowest BCUT2D eigenvalue weighted by molar-refractivity contribution is -0.151. The van der Waals surface area contributed by atoms with Crippen LogP contribution in [-0.4, -0.2) is 46.9 Å². The standard InChI is InChI=1S/C52H99NO5/c1-4-7-10-13-16-19-22-25-27-30-33-36-39-42-45-52(57)58-48(43-40-37-34-31-28-24-21-18-15-12-9-6-3)46-51(56)53-49(47-54)50(55)44-41-38-35-32-29-26-23-20-17-14-11-8-5-2/h9,12,18,21,48-50,54-55H,4-8,10-11,13-17,19-20,22-47H2,1-3H3,(H,53,56)/b12-9+,21-18+. The van der Waals surface area contributed by atoms with Gasteiger partial charge in [0, 0.05) is 6.42 Å². The largest absolute Gasteiger partial charge is 0.462 e. The predicted octanol–water partition coefficient (Wildman–Crippen LogP) is 15.1. The molecule has 3 unspecified atom stereocenters. The number of nitrogens with one attached hydrogen (secondary N) is 1. The zero-order chi connectivity index (χ0) is 42.4. The Labute approximate surface area is 361 Å². The fraction of sp³-hybridized carbons (Fsp3) is 0.885. The second-order valence-corrected chi connectivity index (χ2v) is 17.5. The highest BCUT2D eigenvalue weighted by molar-refractivity contribution is 5.77. The van der Waals surface area contributed by atoms with Gasteiger partial charge in [-0.15, -0.1) is 0 Å². The molecule has 0 aromatic rings. The number of aliphatic hydroxyl groups excluding tert-OH is 2. The Morgan fingerprint density at radius 2 is 0.931 bits per heavy atom. The number of hydrogen-bond acceptors (Lipinski definition) is 5. The average molecular weight is 818 g/mol. The van der Waals surface area contributed by atoms with Crippen molar-refractivity contribution in [2.45, 2.75) is 289 Å². The molecule has 0 radical (unpaired) electrons. The lowest BCUT2D eigenvalue weighted by Crippen LogP contribution is -2.46. The summed E-state index contributed by atoms with van der Waals surface area (Å²) < 4.78 is 5.92. The lowest BCUT2D eigenvalue weighted by Gasteiger charge is -2.24. The van der Waals surface area contributed by atoms with Crippen LogP contribution in [0.2, 0.25) is 0 Å². The van der Waals surface area contributed by atoms with Gasteiger partial charge in [-0.25, -0.2) is 0 Å². The van der Waals surface area contributed by atoms with Gasteiger partial charge in [0.05, 0.1) is 25.2 Å². The maximum Gasteiger partial charge on any atom is 0.306 e. The smallest absolute Gasteiger partial charge is 0.306 e. The van der Waals surface area contributed by atoms with Crippen LogP contribution >= 0.6 is 0 Å². The normalized spacial score (nSPS) is 13.4. The van der Waals surface area contributed by atoms with Crippen molar-refractivity contribution in [1.29, 1.82) is 0 Å². The summed E-state index contributed by atoms with van der Waals surface area (Å²) in [4.78, 5) is 26.1. The molecule has 0 saturated heterocycles. The van der Waals surface area contributed by atoms with Crippen molar-refractivity contribution >= 4 is 11.9 Å². The minimum Gasteiger partial charge on any atom is -0.462 e. The Kier molecular flexibility index (Phi) is 45.1. The first kappa shape index (κ1) is 56.3. The molecule has 1 amide bonds. The number of ether oxygens (including phenoxy) is 1. The van der Waals surface area contributed by atoms with Gasteiger partial charge < -0.3 is 20.3 Å². The molecule has 0 aromatic carbocycles. The first-order valence-corrected chi connectivity index (χ1v) is 25.6. The van der Waals surface area contributed by atoms with E-state index in [0.717, 1.165) is 70.6 Å². The molecule has 0 aliphatic rings. The van der Waals surface area contributed by atoms with E-state index in [-0.39, 0.29) is 24.9 Å². The van der Waals surface area contributed by atoms with E-state index in [9.17, 15) is 19.8 Å². The molecule has 0 rings (SSSR count). The number of rotatable bonds is 46. The van der Waals surface area contributed by atoms with Crippen molar-refractivity contribution in [1.82, 2.24) is 5.32 Å². The summed E-state index contributed by atoms with van der Waals surface area (Å²) in [5.41, 5.74) is 0. The molecular weight excluding hydrogens is 719 g/mol. The molecule has 6 nitrogen and oxygen atoms in total.